The zero-order chi connectivity index (χ0) is 24.9. The number of fused-ring (bicyclic) bond motifs is 3. The number of nitrogens with one attached hydrogen (secondary N) is 2. The first-order valence-electron chi connectivity index (χ1n) is 12.5. The van der Waals surface area contributed by atoms with Crippen molar-refractivity contribution in [2.75, 3.05) is 13.2 Å². The zero-order valence-electron chi connectivity index (χ0n) is 20.3. The molecular weight excluding hydrogens is 444 g/mol. The van der Waals surface area contributed by atoms with Gasteiger partial charge in [0.15, 0.2) is 0 Å². The minimum absolute atomic E-state index is 0.00735. The Morgan fingerprint density at radius 1 is 1.00 bits per heavy atom. The molecule has 1 fully saturated rings. The minimum Gasteiger partial charge on any atom is -0.480 e. The molecule has 2 aliphatic rings. The SMILES string of the molecule is CC(C)C[C@H](NC(=O)[C@@H]1CCC[C@@H]1CNC(=O)OCC1c2ccccc2-c2ccccc21)C(=O)O. The number of ether oxygens (including phenoxy) is 1. The number of aliphatic carboxylic acids is 1. The molecule has 0 unspecified atom stereocenters. The number of rotatable bonds is 9. The van der Waals surface area contributed by atoms with Crippen LogP contribution in [0.3, 0.4) is 0 Å². The van der Waals surface area contributed by atoms with Crippen molar-refractivity contribution >= 4 is 18.0 Å². The Kier molecular flexibility index (Phi) is 7.73. The van der Waals surface area contributed by atoms with Crippen LogP contribution >= 0.6 is 0 Å². The Morgan fingerprint density at radius 2 is 1.63 bits per heavy atom. The van der Waals surface area contributed by atoms with E-state index in [1.165, 1.54) is 11.1 Å². The van der Waals surface area contributed by atoms with Crippen LogP contribution in [0.5, 0.6) is 0 Å². The van der Waals surface area contributed by atoms with E-state index in [-0.39, 0.29) is 36.2 Å². The number of hydrogen-bond acceptors (Lipinski definition) is 4. The van der Waals surface area contributed by atoms with Crippen molar-refractivity contribution in [2.24, 2.45) is 17.8 Å². The summed E-state index contributed by atoms with van der Waals surface area (Å²) in [5, 5.41) is 15.0. The molecule has 0 aromatic heterocycles. The van der Waals surface area contributed by atoms with Gasteiger partial charge in [-0.15, -0.1) is 0 Å². The Labute approximate surface area is 206 Å². The maximum absolute atomic E-state index is 12.8. The fourth-order valence-electron chi connectivity index (χ4n) is 5.46. The first kappa shape index (κ1) is 24.8. The van der Waals surface area contributed by atoms with E-state index >= 15 is 0 Å². The molecule has 7 heteroatoms. The molecule has 0 aliphatic heterocycles. The number of carbonyl (C=O) groups is 3. The van der Waals surface area contributed by atoms with Gasteiger partial charge in [0.25, 0.3) is 0 Å². The molecule has 3 N–H and O–H groups in total. The van der Waals surface area contributed by atoms with Crippen LogP contribution in [-0.2, 0) is 14.3 Å². The Balaban J connectivity index is 1.30. The van der Waals surface area contributed by atoms with Gasteiger partial charge in [0.2, 0.25) is 5.91 Å². The first-order valence-corrected chi connectivity index (χ1v) is 12.5. The highest BCUT2D eigenvalue weighted by atomic mass is 16.5. The fourth-order valence-corrected chi connectivity index (χ4v) is 5.46. The van der Waals surface area contributed by atoms with Gasteiger partial charge in [-0.2, -0.15) is 0 Å². The zero-order valence-corrected chi connectivity index (χ0v) is 20.3. The number of carboxylic acid groups (broad SMARTS) is 1. The lowest BCUT2D eigenvalue weighted by Gasteiger charge is -2.23. The van der Waals surface area contributed by atoms with Gasteiger partial charge in [-0.3, -0.25) is 4.79 Å². The van der Waals surface area contributed by atoms with Crippen molar-refractivity contribution in [3.8, 4) is 11.1 Å². The molecule has 0 radical (unpaired) electrons. The molecule has 0 spiro atoms. The second-order valence-electron chi connectivity index (χ2n) is 10.0. The van der Waals surface area contributed by atoms with E-state index < -0.39 is 18.1 Å². The summed E-state index contributed by atoms with van der Waals surface area (Å²) >= 11 is 0. The number of benzene rings is 2. The molecule has 1 saturated carbocycles. The van der Waals surface area contributed by atoms with Crippen LogP contribution in [0.4, 0.5) is 4.79 Å². The number of carboxylic acids is 1. The lowest BCUT2D eigenvalue weighted by atomic mass is 9.94. The van der Waals surface area contributed by atoms with Gasteiger partial charge in [-0.05, 0) is 53.4 Å². The van der Waals surface area contributed by atoms with Crippen LogP contribution in [0.1, 0.15) is 56.6 Å². The summed E-state index contributed by atoms with van der Waals surface area (Å²) in [6, 6.07) is 15.5. The lowest BCUT2D eigenvalue weighted by molar-refractivity contribution is -0.143. The molecule has 35 heavy (non-hydrogen) atoms. The summed E-state index contributed by atoms with van der Waals surface area (Å²) in [6.07, 6.45) is 2.26. The summed E-state index contributed by atoms with van der Waals surface area (Å²) in [6.45, 7) is 4.43. The standard InChI is InChI=1S/C28H34N2O5/c1-17(2)14-25(27(32)33)30-26(31)19-13-7-8-18(19)15-29-28(34)35-16-24-22-11-5-3-9-20(22)21-10-4-6-12-23(21)24/h3-6,9-12,17-19,24-25H,7-8,13-16H2,1-2H3,(H,29,34)(H,30,31)(H,32,33)/t18-,19-,25+/m1/s1. The highest BCUT2D eigenvalue weighted by molar-refractivity contribution is 5.85. The summed E-state index contributed by atoms with van der Waals surface area (Å²) < 4.78 is 5.61. The predicted molar refractivity (Wildman–Crippen MR) is 133 cm³/mol. The summed E-state index contributed by atoms with van der Waals surface area (Å²) in [5.74, 6) is -1.45. The number of alkyl carbamates (subject to hydrolysis) is 1. The third-order valence-electron chi connectivity index (χ3n) is 7.17. The molecule has 7 nitrogen and oxygen atoms in total. The van der Waals surface area contributed by atoms with Gasteiger partial charge in [0.05, 0.1) is 0 Å². The predicted octanol–water partition coefficient (Wildman–Crippen LogP) is 4.56. The minimum atomic E-state index is -1.02. The summed E-state index contributed by atoms with van der Waals surface area (Å²) in [7, 11) is 0. The van der Waals surface area contributed by atoms with Gasteiger partial charge >= 0.3 is 12.1 Å². The first-order chi connectivity index (χ1) is 16.8. The topological polar surface area (TPSA) is 105 Å². The van der Waals surface area contributed by atoms with E-state index in [4.69, 9.17) is 4.74 Å². The fraction of sp³-hybridized carbons (Fsp3) is 0.464. The smallest absolute Gasteiger partial charge is 0.407 e. The van der Waals surface area contributed by atoms with Crippen molar-refractivity contribution < 1.29 is 24.2 Å². The second kappa shape index (κ2) is 10.9. The van der Waals surface area contributed by atoms with Crippen LogP contribution in [0, 0.1) is 17.8 Å². The number of hydrogen-bond donors (Lipinski definition) is 3. The van der Waals surface area contributed by atoms with E-state index in [2.05, 4.69) is 34.9 Å². The van der Waals surface area contributed by atoms with Crippen LogP contribution in [-0.4, -0.2) is 42.3 Å². The van der Waals surface area contributed by atoms with Crippen molar-refractivity contribution in [1.29, 1.82) is 0 Å². The molecule has 186 valence electrons. The van der Waals surface area contributed by atoms with E-state index in [0.717, 1.165) is 24.0 Å². The van der Waals surface area contributed by atoms with E-state index in [1.807, 2.05) is 38.1 Å². The van der Waals surface area contributed by atoms with Crippen LogP contribution in [0.25, 0.3) is 11.1 Å². The molecule has 0 saturated heterocycles. The highest BCUT2D eigenvalue weighted by Gasteiger charge is 2.35. The molecule has 2 amide bonds. The average molecular weight is 479 g/mol. The van der Waals surface area contributed by atoms with Gasteiger partial charge in [-0.25, -0.2) is 9.59 Å². The third-order valence-corrected chi connectivity index (χ3v) is 7.17. The van der Waals surface area contributed by atoms with Gasteiger partial charge in [0, 0.05) is 18.4 Å². The van der Waals surface area contributed by atoms with Gasteiger partial charge in [0.1, 0.15) is 12.6 Å². The quantitative estimate of drug-likeness (QED) is 0.490. The van der Waals surface area contributed by atoms with Gasteiger partial charge < -0.3 is 20.5 Å². The van der Waals surface area contributed by atoms with Crippen molar-refractivity contribution in [3.05, 3.63) is 59.7 Å². The molecule has 0 heterocycles. The molecule has 2 aromatic carbocycles. The molecule has 2 aromatic rings. The summed E-state index contributed by atoms with van der Waals surface area (Å²) in [4.78, 5) is 36.9. The van der Waals surface area contributed by atoms with Crippen molar-refractivity contribution in [1.82, 2.24) is 10.6 Å². The van der Waals surface area contributed by atoms with Crippen molar-refractivity contribution in [2.45, 2.75) is 51.5 Å². The molecule has 4 rings (SSSR count). The summed E-state index contributed by atoms with van der Waals surface area (Å²) in [5.41, 5.74) is 4.66. The highest BCUT2D eigenvalue weighted by Crippen LogP contribution is 2.44. The molecular formula is C28H34N2O5. The lowest BCUT2D eigenvalue weighted by Crippen LogP contribution is -2.46. The molecule has 3 atom stereocenters. The largest absolute Gasteiger partial charge is 0.480 e. The number of carbonyl (C=O) groups excluding carboxylic acids is 2. The molecule has 2 aliphatic carbocycles. The monoisotopic (exact) mass is 478 g/mol. The van der Waals surface area contributed by atoms with Gasteiger partial charge in [-0.1, -0.05) is 68.8 Å². The van der Waals surface area contributed by atoms with Crippen LogP contribution in [0.2, 0.25) is 0 Å². The Hall–Kier alpha value is -3.35. The van der Waals surface area contributed by atoms with E-state index in [9.17, 15) is 19.5 Å². The number of amides is 2. The third kappa shape index (κ3) is 5.66. The second-order valence-corrected chi connectivity index (χ2v) is 10.0. The van der Waals surface area contributed by atoms with Crippen molar-refractivity contribution in [3.63, 3.8) is 0 Å². The Morgan fingerprint density at radius 3 is 2.23 bits per heavy atom. The normalized spacial score (nSPS) is 19.6. The Bertz CT molecular complexity index is 1040. The van der Waals surface area contributed by atoms with E-state index in [1.54, 1.807) is 0 Å². The maximum Gasteiger partial charge on any atom is 0.407 e. The van der Waals surface area contributed by atoms with E-state index in [0.29, 0.717) is 19.4 Å². The molecule has 0 bridgehead atoms. The maximum atomic E-state index is 12.8. The average Bonchev–Trinajstić information content (AvgIpc) is 3.43. The van der Waals surface area contributed by atoms with Crippen LogP contribution < -0.4 is 10.6 Å². The van der Waals surface area contributed by atoms with Crippen LogP contribution in [0.15, 0.2) is 48.5 Å².